The Morgan fingerprint density at radius 1 is 1.48 bits per heavy atom. The summed E-state index contributed by atoms with van der Waals surface area (Å²) in [5.41, 5.74) is 1.78. The third kappa shape index (κ3) is 2.09. The van der Waals surface area contributed by atoms with Crippen LogP contribution in [0.2, 0.25) is 0 Å². The van der Waals surface area contributed by atoms with Crippen molar-refractivity contribution in [3.05, 3.63) is 29.3 Å². The van der Waals surface area contributed by atoms with E-state index in [4.69, 9.17) is 14.7 Å². The monoisotopic (exact) mass is 285 g/mol. The second-order valence-electron chi connectivity index (χ2n) is 5.98. The van der Waals surface area contributed by atoms with E-state index in [0.717, 1.165) is 29.7 Å². The molecule has 0 saturated heterocycles. The van der Waals surface area contributed by atoms with Crippen molar-refractivity contribution >= 4 is 6.08 Å². The number of nitrogens with zero attached hydrogens (tertiary/aromatic N) is 1. The standard InChI is InChI=1S/C17H19NO3/c1-17-10-12(19)6-8-14(17)21-16-13(20-2)7-5-11(15(16)17)4-3-9-18/h3-5,7,12,14,19H,6,8,10H2,1-2H3/b4-3+/t12?,14-,17+/m0/s1. The molecule has 1 heterocycles. The van der Waals surface area contributed by atoms with Crippen molar-refractivity contribution < 1.29 is 14.6 Å². The molecule has 0 radical (unpaired) electrons. The molecule has 0 amide bonds. The lowest BCUT2D eigenvalue weighted by Gasteiger charge is -2.37. The molecule has 1 N–H and O–H groups in total. The van der Waals surface area contributed by atoms with Crippen LogP contribution in [0.1, 0.15) is 37.3 Å². The number of aliphatic hydroxyl groups is 1. The number of hydrogen-bond acceptors (Lipinski definition) is 4. The van der Waals surface area contributed by atoms with Gasteiger partial charge in [-0.15, -0.1) is 0 Å². The number of rotatable bonds is 2. The maximum absolute atomic E-state index is 10.1. The molecule has 1 saturated carbocycles. The average molecular weight is 285 g/mol. The molecule has 3 rings (SSSR count). The third-order valence-corrected chi connectivity index (χ3v) is 4.67. The summed E-state index contributed by atoms with van der Waals surface area (Å²) in [6.07, 6.45) is 5.29. The highest BCUT2D eigenvalue weighted by molar-refractivity contribution is 5.67. The molecule has 1 aromatic carbocycles. The van der Waals surface area contributed by atoms with Crippen LogP contribution in [0.15, 0.2) is 18.2 Å². The van der Waals surface area contributed by atoms with Crippen LogP contribution in [0.25, 0.3) is 6.08 Å². The fourth-order valence-electron chi connectivity index (χ4n) is 3.69. The fourth-order valence-corrected chi connectivity index (χ4v) is 3.69. The Kier molecular flexibility index (Phi) is 3.38. The van der Waals surface area contributed by atoms with Crippen molar-refractivity contribution in [3.63, 3.8) is 0 Å². The molecule has 21 heavy (non-hydrogen) atoms. The summed E-state index contributed by atoms with van der Waals surface area (Å²) in [5, 5.41) is 18.9. The minimum atomic E-state index is -0.306. The van der Waals surface area contributed by atoms with E-state index in [2.05, 4.69) is 6.92 Å². The first-order valence-electron chi connectivity index (χ1n) is 7.22. The van der Waals surface area contributed by atoms with E-state index < -0.39 is 0 Å². The van der Waals surface area contributed by atoms with Gasteiger partial charge in [0, 0.05) is 17.1 Å². The van der Waals surface area contributed by atoms with Crippen molar-refractivity contribution in [2.75, 3.05) is 7.11 Å². The number of allylic oxidation sites excluding steroid dienone is 1. The quantitative estimate of drug-likeness (QED) is 0.849. The second-order valence-corrected chi connectivity index (χ2v) is 5.98. The third-order valence-electron chi connectivity index (χ3n) is 4.67. The van der Waals surface area contributed by atoms with Crippen molar-refractivity contribution in [1.82, 2.24) is 0 Å². The Bertz CT molecular complexity index is 632. The number of hydrogen-bond donors (Lipinski definition) is 1. The number of aliphatic hydroxyl groups excluding tert-OH is 1. The van der Waals surface area contributed by atoms with E-state index in [9.17, 15) is 5.11 Å². The van der Waals surface area contributed by atoms with E-state index in [1.807, 2.05) is 18.2 Å². The van der Waals surface area contributed by atoms with E-state index in [1.54, 1.807) is 13.2 Å². The number of ether oxygens (including phenoxy) is 2. The summed E-state index contributed by atoms with van der Waals surface area (Å²) in [7, 11) is 1.63. The van der Waals surface area contributed by atoms with Gasteiger partial charge in [0.2, 0.25) is 0 Å². The number of fused-ring (bicyclic) bond motifs is 3. The van der Waals surface area contributed by atoms with Crippen LogP contribution in [-0.2, 0) is 5.41 Å². The first-order valence-corrected chi connectivity index (χ1v) is 7.22. The summed E-state index contributed by atoms with van der Waals surface area (Å²) in [6, 6.07) is 5.84. The minimum Gasteiger partial charge on any atom is -0.493 e. The highest BCUT2D eigenvalue weighted by Gasteiger charge is 2.50. The van der Waals surface area contributed by atoms with E-state index in [0.29, 0.717) is 12.2 Å². The summed E-state index contributed by atoms with van der Waals surface area (Å²) in [5.74, 6) is 1.48. The highest BCUT2D eigenvalue weighted by atomic mass is 16.5. The molecule has 2 aliphatic rings. The Labute approximate surface area is 124 Å². The largest absolute Gasteiger partial charge is 0.493 e. The van der Waals surface area contributed by atoms with Crippen LogP contribution in [0.4, 0.5) is 0 Å². The van der Waals surface area contributed by atoms with Crippen molar-refractivity contribution in [2.45, 2.75) is 43.8 Å². The van der Waals surface area contributed by atoms with Crippen molar-refractivity contribution in [1.29, 1.82) is 5.26 Å². The molecule has 110 valence electrons. The van der Waals surface area contributed by atoms with E-state index >= 15 is 0 Å². The van der Waals surface area contributed by atoms with E-state index in [1.165, 1.54) is 6.08 Å². The van der Waals surface area contributed by atoms with Gasteiger partial charge in [0.1, 0.15) is 6.10 Å². The highest BCUT2D eigenvalue weighted by Crippen LogP contribution is 2.54. The van der Waals surface area contributed by atoms with Gasteiger partial charge in [0.05, 0.1) is 19.3 Å². The lowest BCUT2D eigenvalue weighted by molar-refractivity contribution is 0.0276. The predicted molar refractivity (Wildman–Crippen MR) is 79.3 cm³/mol. The minimum absolute atomic E-state index is 0.0569. The van der Waals surface area contributed by atoms with Gasteiger partial charge >= 0.3 is 0 Å². The smallest absolute Gasteiger partial charge is 0.166 e. The van der Waals surface area contributed by atoms with Gasteiger partial charge in [0.15, 0.2) is 11.5 Å². The Hall–Kier alpha value is -1.99. The SMILES string of the molecule is COc1ccc(/C=C/C#N)c2c1O[C@H]1CCC(O)C[C@@]21C. The molecule has 1 aliphatic heterocycles. The molecule has 4 heteroatoms. The summed E-state index contributed by atoms with van der Waals surface area (Å²) in [6.45, 7) is 2.13. The summed E-state index contributed by atoms with van der Waals surface area (Å²) in [4.78, 5) is 0. The maximum atomic E-state index is 10.1. The maximum Gasteiger partial charge on any atom is 0.166 e. The van der Waals surface area contributed by atoms with Gasteiger partial charge in [-0.2, -0.15) is 5.26 Å². The molecule has 0 spiro atoms. The first-order chi connectivity index (χ1) is 10.1. The van der Waals surface area contributed by atoms with Gasteiger partial charge in [-0.1, -0.05) is 13.0 Å². The molecule has 4 nitrogen and oxygen atoms in total. The molecule has 3 atom stereocenters. The number of benzene rings is 1. The van der Waals surface area contributed by atoms with Gasteiger partial charge in [-0.3, -0.25) is 0 Å². The van der Waals surface area contributed by atoms with Crippen LogP contribution in [0, 0.1) is 11.3 Å². The zero-order chi connectivity index (χ0) is 15.0. The Morgan fingerprint density at radius 3 is 3.00 bits per heavy atom. The zero-order valence-corrected chi connectivity index (χ0v) is 12.3. The first kappa shape index (κ1) is 14.0. The summed E-state index contributed by atoms with van der Waals surface area (Å²) < 4.78 is 11.6. The van der Waals surface area contributed by atoms with Gasteiger partial charge in [-0.05, 0) is 37.0 Å². The Balaban J connectivity index is 2.17. The lowest BCUT2D eigenvalue weighted by atomic mass is 9.68. The van der Waals surface area contributed by atoms with Crippen LogP contribution >= 0.6 is 0 Å². The summed E-state index contributed by atoms with van der Waals surface area (Å²) >= 11 is 0. The second kappa shape index (κ2) is 5.09. The Morgan fingerprint density at radius 2 is 2.29 bits per heavy atom. The van der Waals surface area contributed by atoms with Gasteiger partial charge in [-0.25, -0.2) is 0 Å². The molecule has 1 aromatic rings. The predicted octanol–water partition coefficient (Wildman–Crippen LogP) is 2.80. The molecule has 1 aliphatic carbocycles. The topological polar surface area (TPSA) is 62.5 Å². The van der Waals surface area contributed by atoms with Crippen molar-refractivity contribution in [2.24, 2.45) is 0 Å². The van der Waals surface area contributed by atoms with Gasteiger partial charge < -0.3 is 14.6 Å². The molecule has 0 aromatic heterocycles. The number of methoxy groups -OCH3 is 1. The molecular formula is C17H19NO3. The molecule has 1 unspecified atom stereocenters. The number of nitriles is 1. The van der Waals surface area contributed by atoms with Crippen LogP contribution in [-0.4, -0.2) is 24.4 Å². The van der Waals surface area contributed by atoms with Crippen LogP contribution in [0.3, 0.4) is 0 Å². The molecule has 1 fully saturated rings. The lowest BCUT2D eigenvalue weighted by Crippen LogP contribution is -2.43. The fraction of sp³-hybridized carbons (Fsp3) is 0.471. The molecule has 0 bridgehead atoms. The van der Waals surface area contributed by atoms with Crippen molar-refractivity contribution in [3.8, 4) is 17.6 Å². The molecular weight excluding hydrogens is 266 g/mol. The van der Waals surface area contributed by atoms with E-state index in [-0.39, 0.29) is 17.6 Å². The van der Waals surface area contributed by atoms with Crippen LogP contribution in [0.5, 0.6) is 11.5 Å². The average Bonchev–Trinajstić information content (AvgIpc) is 2.77. The van der Waals surface area contributed by atoms with Crippen LogP contribution < -0.4 is 9.47 Å². The van der Waals surface area contributed by atoms with Gasteiger partial charge in [0.25, 0.3) is 0 Å². The zero-order valence-electron chi connectivity index (χ0n) is 12.3. The normalized spacial score (nSPS) is 30.4.